The molecular weight excluding hydrogens is 232 g/mol. The number of aliphatic carboxylic acids is 1. The molecule has 0 bridgehead atoms. The van der Waals surface area contributed by atoms with E-state index in [9.17, 15) is 4.79 Å². The number of rotatable bonds is 7. The molecule has 5 heteroatoms. The first-order chi connectivity index (χ1) is 7.02. The minimum Gasteiger partial charge on any atom is -0.481 e. The number of carboxylic acid groups (broad SMARTS) is 1. The molecule has 0 rings (SSSR count). The van der Waals surface area contributed by atoms with Gasteiger partial charge in [0.15, 0.2) is 0 Å². The highest BCUT2D eigenvalue weighted by molar-refractivity contribution is 8.22. The number of thiocarbonyl (C=S) groups is 1. The quantitative estimate of drug-likeness (QED) is 0.556. The van der Waals surface area contributed by atoms with Gasteiger partial charge in [-0.15, -0.1) is 0 Å². The van der Waals surface area contributed by atoms with Crippen molar-refractivity contribution in [2.45, 2.75) is 33.1 Å². The zero-order chi connectivity index (χ0) is 11.7. The molecule has 15 heavy (non-hydrogen) atoms. The van der Waals surface area contributed by atoms with Crippen molar-refractivity contribution in [2.75, 3.05) is 12.4 Å². The topological polar surface area (TPSA) is 46.5 Å². The maximum absolute atomic E-state index is 10.2. The van der Waals surface area contributed by atoms with Crippen molar-refractivity contribution in [3.63, 3.8) is 0 Å². The van der Waals surface area contributed by atoms with Gasteiger partial charge < -0.3 is 9.84 Å². The van der Waals surface area contributed by atoms with Crippen molar-refractivity contribution in [1.82, 2.24) is 0 Å². The predicted molar refractivity (Wildman–Crippen MR) is 67.3 cm³/mol. The van der Waals surface area contributed by atoms with E-state index in [1.54, 1.807) is 0 Å². The summed E-state index contributed by atoms with van der Waals surface area (Å²) in [5.74, 6) is 0.582. The smallest absolute Gasteiger partial charge is 0.303 e. The Hall–Kier alpha value is -0.290. The molecule has 0 aliphatic heterocycles. The van der Waals surface area contributed by atoms with Gasteiger partial charge in [0, 0.05) is 12.2 Å². The molecule has 0 heterocycles. The van der Waals surface area contributed by atoms with Gasteiger partial charge in [0.05, 0.1) is 6.61 Å². The second-order valence-electron chi connectivity index (χ2n) is 3.65. The number of hydrogen-bond acceptors (Lipinski definition) is 4. The number of hydrogen-bond donors (Lipinski definition) is 1. The van der Waals surface area contributed by atoms with Crippen molar-refractivity contribution >= 4 is 34.3 Å². The molecule has 0 aromatic heterocycles. The monoisotopic (exact) mass is 250 g/mol. The Morgan fingerprint density at radius 1 is 1.47 bits per heavy atom. The Labute approximate surface area is 101 Å². The zero-order valence-corrected chi connectivity index (χ0v) is 10.8. The molecule has 0 unspecified atom stereocenters. The summed E-state index contributed by atoms with van der Waals surface area (Å²) in [5.41, 5.74) is 0. The Bertz CT molecular complexity index is 205. The first-order valence-electron chi connectivity index (χ1n) is 5.03. The second-order valence-corrected chi connectivity index (χ2v) is 5.35. The summed E-state index contributed by atoms with van der Waals surface area (Å²) in [4.78, 5) is 10.2. The molecule has 3 nitrogen and oxygen atoms in total. The van der Waals surface area contributed by atoms with E-state index in [-0.39, 0.29) is 6.42 Å². The van der Waals surface area contributed by atoms with E-state index in [1.807, 2.05) is 0 Å². The molecule has 0 amide bonds. The SMILES string of the molecule is CC(C)COC(=S)SCCCCC(=O)O. The van der Waals surface area contributed by atoms with Crippen LogP contribution < -0.4 is 0 Å². The van der Waals surface area contributed by atoms with E-state index in [0.717, 1.165) is 12.2 Å². The summed E-state index contributed by atoms with van der Waals surface area (Å²) < 4.78 is 5.88. The number of ether oxygens (including phenoxy) is 1. The molecule has 0 saturated carbocycles. The first-order valence-corrected chi connectivity index (χ1v) is 6.43. The van der Waals surface area contributed by atoms with Crippen LogP contribution in [0.3, 0.4) is 0 Å². The molecule has 0 atom stereocenters. The molecule has 88 valence electrons. The molecular formula is C10H18O3S2. The third-order valence-electron chi connectivity index (χ3n) is 1.54. The van der Waals surface area contributed by atoms with Crippen LogP contribution in [-0.2, 0) is 9.53 Å². The normalized spacial score (nSPS) is 10.3. The summed E-state index contributed by atoms with van der Waals surface area (Å²) >= 11 is 6.48. The number of carbonyl (C=O) groups is 1. The van der Waals surface area contributed by atoms with Crippen LogP contribution in [-0.4, -0.2) is 27.8 Å². The van der Waals surface area contributed by atoms with Crippen molar-refractivity contribution in [1.29, 1.82) is 0 Å². The van der Waals surface area contributed by atoms with Crippen molar-refractivity contribution < 1.29 is 14.6 Å². The summed E-state index contributed by atoms with van der Waals surface area (Å²) in [6.45, 7) is 4.79. The van der Waals surface area contributed by atoms with E-state index in [2.05, 4.69) is 13.8 Å². The lowest BCUT2D eigenvalue weighted by Crippen LogP contribution is -2.05. The summed E-state index contributed by atoms with van der Waals surface area (Å²) in [5, 5.41) is 8.41. The number of unbranched alkanes of at least 4 members (excludes halogenated alkanes) is 1. The Balaban J connectivity index is 3.28. The third-order valence-corrected chi connectivity index (χ3v) is 2.86. The average molecular weight is 250 g/mol. The Morgan fingerprint density at radius 2 is 2.13 bits per heavy atom. The maximum atomic E-state index is 10.2. The molecule has 0 aromatic rings. The largest absolute Gasteiger partial charge is 0.481 e. The Morgan fingerprint density at radius 3 is 2.67 bits per heavy atom. The molecule has 0 saturated heterocycles. The minimum atomic E-state index is -0.737. The minimum absolute atomic E-state index is 0.236. The lowest BCUT2D eigenvalue weighted by molar-refractivity contribution is -0.137. The maximum Gasteiger partial charge on any atom is 0.303 e. The highest BCUT2D eigenvalue weighted by atomic mass is 32.2. The van der Waals surface area contributed by atoms with Crippen LogP contribution in [0.25, 0.3) is 0 Å². The van der Waals surface area contributed by atoms with Crippen molar-refractivity contribution in [2.24, 2.45) is 5.92 Å². The van der Waals surface area contributed by atoms with Crippen LogP contribution >= 0.6 is 24.0 Å². The molecule has 0 radical (unpaired) electrons. The van der Waals surface area contributed by atoms with Gasteiger partial charge in [0.2, 0.25) is 4.38 Å². The lowest BCUT2D eigenvalue weighted by Gasteiger charge is -2.08. The van der Waals surface area contributed by atoms with Gasteiger partial charge in [-0.3, -0.25) is 4.79 Å². The van der Waals surface area contributed by atoms with Crippen LogP contribution in [0.2, 0.25) is 0 Å². The predicted octanol–water partition coefficient (Wildman–Crippen LogP) is 2.93. The number of carboxylic acids is 1. The van der Waals surface area contributed by atoms with Crippen LogP contribution in [0.15, 0.2) is 0 Å². The zero-order valence-electron chi connectivity index (χ0n) is 9.19. The fourth-order valence-corrected chi connectivity index (χ4v) is 1.79. The van der Waals surface area contributed by atoms with Crippen LogP contribution in [0.4, 0.5) is 0 Å². The van der Waals surface area contributed by atoms with Crippen LogP contribution in [0.5, 0.6) is 0 Å². The van der Waals surface area contributed by atoms with E-state index in [0.29, 0.717) is 23.3 Å². The molecule has 0 aromatic carbocycles. The van der Waals surface area contributed by atoms with Gasteiger partial charge in [0.1, 0.15) is 0 Å². The molecule has 0 aliphatic carbocycles. The summed E-state index contributed by atoms with van der Waals surface area (Å²) in [6.07, 6.45) is 1.80. The van der Waals surface area contributed by atoms with E-state index < -0.39 is 5.97 Å². The molecule has 1 N–H and O–H groups in total. The van der Waals surface area contributed by atoms with Gasteiger partial charge >= 0.3 is 5.97 Å². The average Bonchev–Trinajstić information content (AvgIpc) is 2.13. The highest BCUT2D eigenvalue weighted by Crippen LogP contribution is 2.11. The van der Waals surface area contributed by atoms with Crippen molar-refractivity contribution in [3.05, 3.63) is 0 Å². The fraction of sp³-hybridized carbons (Fsp3) is 0.800. The fourth-order valence-electron chi connectivity index (χ4n) is 0.810. The third kappa shape index (κ3) is 11.6. The van der Waals surface area contributed by atoms with Gasteiger partial charge in [-0.2, -0.15) is 0 Å². The van der Waals surface area contributed by atoms with E-state index >= 15 is 0 Å². The summed E-state index contributed by atoms with van der Waals surface area (Å²) in [6, 6.07) is 0. The number of thioether (sulfide) groups is 1. The van der Waals surface area contributed by atoms with Crippen LogP contribution in [0.1, 0.15) is 33.1 Å². The summed E-state index contributed by atoms with van der Waals surface area (Å²) in [7, 11) is 0. The van der Waals surface area contributed by atoms with Gasteiger partial charge in [-0.25, -0.2) is 0 Å². The van der Waals surface area contributed by atoms with E-state index in [1.165, 1.54) is 11.8 Å². The molecule has 0 aliphatic rings. The van der Waals surface area contributed by atoms with Gasteiger partial charge in [0.25, 0.3) is 0 Å². The standard InChI is InChI=1S/C10H18O3S2/c1-8(2)7-13-10(14)15-6-4-3-5-9(11)12/h8H,3-7H2,1-2H3,(H,11,12). The van der Waals surface area contributed by atoms with Crippen LogP contribution in [0, 0.1) is 5.92 Å². The lowest BCUT2D eigenvalue weighted by atomic mass is 10.2. The second kappa shape index (κ2) is 8.97. The van der Waals surface area contributed by atoms with E-state index in [4.69, 9.17) is 22.1 Å². The molecule has 0 fully saturated rings. The van der Waals surface area contributed by atoms with Crippen molar-refractivity contribution in [3.8, 4) is 0 Å². The first kappa shape index (κ1) is 14.7. The Kier molecular flexibility index (Phi) is 8.80. The van der Waals surface area contributed by atoms with Gasteiger partial charge in [-0.05, 0) is 31.0 Å². The van der Waals surface area contributed by atoms with Gasteiger partial charge in [-0.1, -0.05) is 25.6 Å². The highest BCUT2D eigenvalue weighted by Gasteiger charge is 2.01. The molecule has 0 spiro atoms.